The largest absolute Gasteiger partial charge is 0.778 e. The number of benzene rings is 2. The van der Waals surface area contributed by atoms with Crippen LogP contribution < -0.4 is 34.5 Å². The van der Waals surface area contributed by atoms with Gasteiger partial charge in [0.1, 0.15) is 24.7 Å². The molecule has 64 heavy (non-hydrogen) atoms. The Labute approximate surface area is 379 Å². The molecule has 0 aliphatic carbocycles. The van der Waals surface area contributed by atoms with Crippen LogP contribution in [0.4, 0.5) is 16.4 Å². The summed E-state index contributed by atoms with van der Waals surface area (Å²) in [5.74, 6) is -2.16. The van der Waals surface area contributed by atoms with Gasteiger partial charge in [0.05, 0.1) is 74.5 Å². The summed E-state index contributed by atoms with van der Waals surface area (Å²) in [5.41, 5.74) is -0.774. The van der Waals surface area contributed by atoms with Crippen molar-refractivity contribution in [3.05, 3.63) is 92.1 Å². The normalized spacial score (nSPS) is 11.3. The minimum absolute atomic E-state index is 0.0913. The highest BCUT2D eigenvalue weighted by atomic mass is 35.5. The van der Waals surface area contributed by atoms with Crippen LogP contribution in [-0.4, -0.2) is 134 Å². The third-order valence-electron chi connectivity index (χ3n) is 6.49. The fourth-order valence-corrected chi connectivity index (χ4v) is 5.85. The van der Waals surface area contributed by atoms with Crippen molar-refractivity contribution >= 4 is 87.2 Å². The smallest absolute Gasteiger partial charge is 0.345 e. The van der Waals surface area contributed by atoms with Crippen LogP contribution in [-0.2, 0) is 35.0 Å². The van der Waals surface area contributed by atoms with E-state index in [1.54, 1.807) is 16.9 Å². The number of rotatable bonds is 14. The van der Waals surface area contributed by atoms with Crippen LogP contribution in [0.5, 0.6) is 23.3 Å². The van der Waals surface area contributed by atoms with Crippen LogP contribution in [0, 0.1) is 10.1 Å². The first-order chi connectivity index (χ1) is 29.7. The van der Waals surface area contributed by atoms with E-state index in [-0.39, 0.29) is 45.3 Å². The molecule has 4 aromatic rings. The third-order valence-corrected chi connectivity index (χ3v) is 8.93. The van der Waals surface area contributed by atoms with Crippen molar-refractivity contribution in [1.82, 2.24) is 29.9 Å². The van der Waals surface area contributed by atoms with Gasteiger partial charge < -0.3 is 43.3 Å². The zero-order valence-electron chi connectivity index (χ0n) is 35.1. The molecular formula is C35H43Cl2N8O16PS2. The molecule has 29 heteroatoms. The van der Waals surface area contributed by atoms with Gasteiger partial charge in [-0.3, -0.25) is 30.3 Å². The number of aromatic nitrogens is 3. The monoisotopic (exact) mass is 996 g/mol. The van der Waals surface area contributed by atoms with Gasteiger partial charge in [0.25, 0.3) is 21.6 Å². The number of hydrogen-bond donors (Lipinski definition) is 5. The Bertz CT molecular complexity index is 2400. The molecule has 4 rings (SSSR count). The summed E-state index contributed by atoms with van der Waals surface area (Å²) in [6.07, 6.45) is 7.06. The first kappa shape index (κ1) is 56.2. The van der Waals surface area contributed by atoms with Gasteiger partial charge in [-0.15, -0.1) is 0 Å². The average Bonchev–Trinajstić information content (AvgIpc) is 3.20. The number of nitro benzene ring substituents is 1. The van der Waals surface area contributed by atoms with E-state index in [4.69, 9.17) is 47.4 Å². The second-order valence-electron chi connectivity index (χ2n) is 12.3. The number of nitro groups is 1. The maximum absolute atomic E-state index is 12.5. The molecule has 0 bridgehead atoms. The van der Waals surface area contributed by atoms with Gasteiger partial charge in [-0.1, -0.05) is 23.2 Å². The number of esters is 1. The highest BCUT2D eigenvalue weighted by Crippen LogP contribution is 2.34. The van der Waals surface area contributed by atoms with Crippen molar-refractivity contribution in [3.8, 4) is 23.3 Å². The first-order valence-corrected chi connectivity index (χ1v) is 23.6. The van der Waals surface area contributed by atoms with Gasteiger partial charge in [0, 0.05) is 37.4 Å². The molecule has 24 nitrogen and oxygen atoms in total. The number of carboxylic acids is 1. The van der Waals surface area contributed by atoms with Crippen LogP contribution in [0.3, 0.4) is 0 Å². The molecule has 1 atom stereocenters. The second kappa shape index (κ2) is 26.7. The molecule has 0 fully saturated rings. The van der Waals surface area contributed by atoms with E-state index in [1.165, 1.54) is 75.8 Å². The van der Waals surface area contributed by atoms with Gasteiger partial charge in [0.15, 0.2) is 5.03 Å². The fourth-order valence-electron chi connectivity index (χ4n) is 3.98. The predicted octanol–water partition coefficient (Wildman–Crippen LogP) is 3.24. The molecule has 5 N–H and O–H groups in total. The third kappa shape index (κ3) is 20.5. The Hall–Kier alpha value is -5.86. The van der Waals surface area contributed by atoms with Crippen molar-refractivity contribution in [2.24, 2.45) is 0 Å². The first-order valence-electron chi connectivity index (χ1n) is 17.2. The maximum Gasteiger partial charge on any atom is 0.345 e. The van der Waals surface area contributed by atoms with Crippen LogP contribution in [0.1, 0.15) is 20.7 Å². The SMILES string of the molecule is COC(=O)c1cc(Oc2ccc(Cl)cc2Cl)ccc1[N+](=O)[O-].COc1cc(OC)nc(NC(=O)NS(=O)(=O)c2ncccc2C(=O)N(C)C)n1.C[S+](C)C.O=C(O)CNCP(=O)([O-])O. The van der Waals surface area contributed by atoms with E-state index in [0.29, 0.717) is 21.7 Å². The molecule has 1 unspecified atom stereocenters. The Balaban J connectivity index is 0.000000502. The number of methoxy groups -OCH3 is 3. The van der Waals surface area contributed by atoms with Crippen molar-refractivity contribution in [2.75, 3.05) is 72.3 Å². The van der Waals surface area contributed by atoms with E-state index in [1.807, 2.05) is 5.32 Å². The number of aliphatic carboxylic acids is 1. The molecule has 3 amide bonds. The van der Waals surface area contributed by atoms with Crippen LogP contribution in [0.15, 0.2) is 65.8 Å². The lowest BCUT2D eigenvalue weighted by atomic mass is 10.1. The number of carboxylic acid groups (broad SMARTS) is 1. The number of halogens is 2. The standard InChI is InChI=1S/C15H18N6O6S.C14H9Cl2NO5.C3H8NO5P.C3H9S/c1-21(2)13(22)9-6-5-7-16-12(9)28(24,25)20-15(23)19-14-17-10(26-3)8-11(18-14)27-4;1-21-14(18)10-7-9(3-4-12(10)17(19)20)22-13-5-2-8(15)6-11(13)16;5-3(6)1-4-2-10(7,8)9;1-4(2)3/h5-8H,1-4H3,(H2,17,18,19,20,23);2-7H,1H3;4H,1-2H2,(H,5,6)(H2,7,8,9);1-3H3/q;;;+1/p-1. The number of pyridine rings is 1. The Kier molecular flexibility index (Phi) is 23.4. The lowest BCUT2D eigenvalue weighted by Crippen LogP contribution is -2.36. The zero-order chi connectivity index (χ0) is 48.9. The van der Waals surface area contributed by atoms with Gasteiger partial charge >= 0.3 is 18.0 Å². The number of nitrogens with zero attached hydrogens (tertiary/aromatic N) is 5. The number of carbonyl (C=O) groups is 4. The molecule has 2 aromatic carbocycles. The second-order valence-corrected chi connectivity index (χ2v) is 18.8. The lowest BCUT2D eigenvalue weighted by Gasteiger charge is -2.14. The number of nitrogens with one attached hydrogen (secondary N) is 3. The minimum atomic E-state index is -4.46. The fraction of sp³-hybridized carbons (Fsp3) is 0.286. The molecular weight excluding hydrogens is 954 g/mol. The number of anilines is 1. The number of urea groups is 1. The number of ether oxygens (including phenoxy) is 4. The van der Waals surface area contributed by atoms with Gasteiger partial charge in [-0.2, -0.15) is 18.4 Å². The summed E-state index contributed by atoms with van der Waals surface area (Å²) < 4.78 is 56.7. The summed E-state index contributed by atoms with van der Waals surface area (Å²) in [6.45, 7) is -0.479. The molecule has 350 valence electrons. The van der Waals surface area contributed by atoms with Crippen molar-refractivity contribution < 1.29 is 70.9 Å². The number of sulfonamides is 1. The lowest BCUT2D eigenvalue weighted by molar-refractivity contribution is -0.385. The van der Waals surface area contributed by atoms with Crippen LogP contribution in [0.2, 0.25) is 10.0 Å². The van der Waals surface area contributed by atoms with Crippen molar-refractivity contribution in [1.29, 1.82) is 0 Å². The van der Waals surface area contributed by atoms with E-state index in [9.17, 15) is 47.2 Å². The molecule has 2 aromatic heterocycles. The molecule has 2 heterocycles. The van der Waals surface area contributed by atoms with Gasteiger partial charge in [0.2, 0.25) is 17.7 Å². The molecule has 0 spiro atoms. The number of amides is 3. The highest BCUT2D eigenvalue weighted by Gasteiger charge is 2.27. The van der Waals surface area contributed by atoms with E-state index < -0.39 is 64.3 Å². The maximum atomic E-state index is 12.5. The van der Waals surface area contributed by atoms with Crippen molar-refractivity contribution in [2.45, 2.75) is 5.03 Å². The van der Waals surface area contributed by atoms with Gasteiger partial charge in [-0.05, 0) is 47.3 Å². The Morgan fingerprint density at radius 3 is 2.03 bits per heavy atom. The van der Waals surface area contributed by atoms with E-state index in [0.717, 1.165) is 13.2 Å². The summed E-state index contributed by atoms with van der Waals surface area (Å²) in [7, 11) is -1.42. The molecule has 0 saturated carbocycles. The summed E-state index contributed by atoms with van der Waals surface area (Å²) in [4.78, 5) is 86.6. The Morgan fingerprint density at radius 2 is 1.55 bits per heavy atom. The number of hydrogen-bond acceptors (Lipinski definition) is 18. The van der Waals surface area contributed by atoms with Crippen LogP contribution in [0.25, 0.3) is 0 Å². The topological polar surface area (TPSA) is 341 Å². The molecule has 0 aliphatic heterocycles. The molecule has 0 radical (unpaired) electrons. The average molecular weight is 998 g/mol. The summed E-state index contributed by atoms with van der Waals surface area (Å²) >= 11 is 11.8. The predicted molar refractivity (Wildman–Crippen MR) is 233 cm³/mol. The molecule has 0 aliphatic rings. The van der Waals surface area contributed by atoms with Crippen LogP contribution >= 0.6 is 30.8 Å². The summed E-state index contributed by atoms with van der Waals surface area (Å²) in [5, 5.41) is 23.2. The minimum Gasteiger partial charge on any atom is -0.778 e. The summed E-state index contributed by atoms with van der Waals surface area (Å²) in [6, 6.07) is 11.3. The zero-order valence-corrected chi connectivity index (χ0v) is 39.1. The number of carbonyl (C=O) groups excluding carboxylic acids is 3. The molecule has 0 saturated heterocycles. The highest BCUT2D eigenvalue weighted by molar-refractivity contribution is 7.94. The van der Waals surface area contributed by atoms with E-state index >= 15 is 0 Å². The van der Waals surface area contributed by atoms with Gasteiger partial charge in [-0.25, -0.2) is 19.3 Å². The van der Waals surface area contributed by atoms with E-state index in [2.05, 4.69) is 43.8 Å². The Morgan fingerprint density at radius 1 is 0.953 bits per heavy atom. The van der Waals surface area contributed by atoms with Crippen molar-refractivity contribution in [3.63, 3.8) is 0 Å². The quantitative estimate of drug-likeness (QED) is 0.0398.